The lowest BCUT2D eigenvalue weighted by atomic mass is 10.1. The summed E-state index contributed by atoms with van der Waals surface area (Å²) < 4.78 is 0. The van der Waals surface area contributed by atoms with Gasteiger partial charge in [0.15, 0.2) is 0 Å². The van der Waals surface area contributed by atoms with Crippen molar-refractivity contribution >= 4 is 27.9 Å². The Labute approximate surface area is 142 Å². The maximum absolute atomic E-state index is 3.53. The first-order chi connectivity index (χ1) is 10.4. The van der Waals surface area contributed by atoms with E-state index < -0.39 is 0 Å². The Morgan fingerprint density at radius 2 is 1.68 bits per heavy atom. The summed E-state index contributed by atoms with van der Waals surface area (Å²) in [6, 6.07) is 17.4. The van der Waals surface area contributed by atoms with Gasteiger partial charge in [-0.05, 0) is 42.1 Å². The zero-order chi connectivity index (χ0) is 14.5. The molecule has 0 fully saturated rings. The second-order valence-electron chi connectivity index (χ2n) is 5.46. The van der Waals surface area contributed by atoms with E-state index in [4.69, 9.17) is 0 Å². The smallest absolute Gasteiger partial charge is 0.0456 e. The van der Waals surface area contributed by atoms with Crippen LogP contribution in [0.5, 0.6) is 0 Å². The van der Waals surface area contributed by atoms with Gasteiger partial charge < -0.3 is 10.3 Å². The van der Waals surface area contributed by atoms with E-state index >= 15 is 0 Å². The number of para-hydroxylation sites is 1. The fourth-order valence-electron chi connectivity index (χ4n) is 2.69. The van der Waals surface area contributed by atoms with Crippen molar-refractivity contribution in [2.45, 2.75) is 26.3 Å². The molecule has 1 aromatic heterocycles. The monoisotopic (exact) mass is 358 g/mol. The van der Waals surface area contributed by atoms with Crippen LogP contribution in [0.25, 0.3) is 10.9 Å². The van der Waals surface area contributed by atoms with Gasteiger partial charge in [-0.25, -0.2) is 0 Å². The van der Waals surface area contributed by atoms with Gasteiger partial charge in [-0.1, -0.05) is 49.4 Å². The van der Waals surface area contributed by atoms with E-state index in [9.17, 15) is 0 Å². The number of hydrogen-bond donors (Lipinski definition) is 2. The number of benzene rings is 2. The molecule has 2 aromatic carbocycles. The lowest BCUT2D eigenvalue weighted by molar-refractivity contribution is 0.688. The molecule has 0 aliphatic carbocycles. The molecule has 0 aliphatic rings. The minimum Gasteiger partial charge on any atom is -0.361 e. The lowest BCUT2D eigenvalue weighted by Gasteiger charge is -2.05. The van der Waals surface area contributed by atoms with Crippen LogP contribution in [0.3, 0.4) is 0 Å². The van der Waals surface area contributed by atoms with Gasteiger partial charge in [-0.2, -0.15) is 0 Å². The summed E-state index contributed by atoms with van der Waals surface area (Å²) >= 11 is 0. The molecule has 3 rings (SSSR count). The number of aryl methyl sites for hydroxylation is 1. The largest absolute Gasteiger partial charge is 0.361 e. The highest BCUT2D eigenvalue weighted by Crippen LogP contribution is 2.17. The quantitative estimate of drug-likeness (QED) is 0.617. The number of nitrogens with one attached hydrogen (secondary N) is 2. The van der Waals surface area contributed by atoms with Crippen LogP contribution in [-0.2, 0) is 19.4 Å². The highest BCUT2D eigenvalue weighted by Gasteiger charge is 2.02. The lowest BCUT2D eigenvalue weighted by Crippen LogP contribution is -2.16. The standard InChI is InChI=1S/C19H22N2.BrH/c1-2-15-7-9-16(10-8-15)13-20-12-11-17-14-21-19-6-4-3-5-18(17)19;/h3-10,14,20-21H,2,11-13H2,1H3;1H. The molecule has 2 N–H and O–H groups in total. The minimum atomic E-state index is 0. The number of aromatic nitrogens is 1. The topological polar surface area (TPSA) is 27.8 Å². The molecule has 1 heterocycles. The summed E-state index contributed by atoms with van der Waals surface area (Å²) in [7, 11) is 0. The van der Waals surface area contributed by atoms with Gasteiger partial charge in [-0.15, -0.1) is 17.0 Å². The maximum Gasteiger partial charge on any atom is 0.0456 e. The number of aromatic amines is 1. The summed E-state index contributed by atoms with van der Waals surface area (Å²) in [6.07, 6.45) is 4.29. The van der Waals surface area contributed by atoms with Gasteiger partial charge in [-0.3, -0.25) is 0 Å². The number of halogens is 1. The van der Waals surface area contributed by atoms with Crippen molar-refractivity contribution < 1.29 is 0 Å². The molecule has 0 amide bonds. The third-order valence-electron chi connectivity index (χ3n) is 4.01. The molecule has 0 unspecified atom stereocenters. The van der Waals surface area contributed by atoms with Gasteiger partial charge in [0.05, 0.1) is 0 Å². The Hall–Kier alpha value is -1.58. The second-order valence-corrected chi connectivity index (χ2v) is 5.46. The molecule has 0 aliphatic heterocycles. The van der Waals surface area contributed by atoms with E-state index in [-0.39, 0.29) is 17.0 Å². The van der Waals surface area contributed by atoms with Crippen molar-refractivity contribution in [2.75, 3.05) is 6.54 Å². The number of H-pyrrole nitrogens is 1. The fourth-order valence-corrected chi connectivity index (χ4v) is 2.69. The first kappa shape index (κ1) is 16.8. The SMILES string of the molecule is Br.CCc1ccc(CNCCc2c[nH]c3ccccc23)cc1. The van der Waals surface area contributed by atoms with Crippen LogP contribution in [0.1, 0.15) is 23.6 Å². The Kier molecular flexibility index (Phi) is 6.22. The molecule has 0 saturated heterocycles. The molecule has 3 heteroatoms. The fraction of sp³-hybridized carbons (Fsp3) is 0.263. The molecule has 3 aromatic rings. The summed E-state index contributed by atoms with van der Waals surface area (Å²) in [5, 5.41) is 4.87. The molecule has 0 atom stereocenters. The summed E-state index contributed by atoms with van der Waals surface area (Å²) in [6.45, 7) is 4.12. The van der Waals surface area contributed by atoms with Crippen LogP contribution in [0.4, 0.5) is 0 Å². The van der Waals surface area contributed by atoms with Crippen molar-refractivity contribution in [2.24, 2.45) is 0 Å². The van der Waals surface area contributed by atoms with Crippen LogP contribution in [0, 0.1) is 0 Å². The average Bonchev–Trinajstić information content (AvgIpc) is 2.95. The van der Waals surface area contributed by atoms with Crippen LogP contribution in [-0.4, -0.2) is 11.5 Å². The normalized spacial score (nSPS) is 10.6. The van der Waals surface area contributed by atoms with Crippen LogP contribution < -0.4 is 5.32 Å². The molecule has 0 saturated carbocycles. The van der Waals surface area contributed by atoms with Crippen molar-refractivity contribution in [3.63, 3.8) is 0 Å². The second kappa shape index (κ2) is 8.16. The predicted molar refractivity (Wildman–Crippen MR) is 99.9 cm³/mol. The van der Waals surface area contributed by atoms with E-state index in [0.29, 0.717) is 0 Å². The van der Waals surface area contributed by atoms with Crippen LogP contribution in [0.2, 0.25) is 0 Å². The third-order valence-corrected chi connectivity index (χ3v) is 4.01. The van der Waals surface area contributed by atoms with Gasteiger partial charge in [0.25, 0.3) is 0 Å². The molecule has 2 nitrogen and oxygen atoms in total. The molecule has 0 bridgehead atoms. The molecular weight excluding hydrogens is 336 g/mol. The number of hydrogen-bond acceptors (Lipinski definition) is 1. The summed E-state index contributed by atoms with van der Waals surface area (Å²) in [5.74, 6) is 0. The highest BCUT2D eigenvalue weighted by molar-refractivity contribution is 8.93. The Morgan fingerprint density at radius 3 is 2.45 bits per heavy atom. The van der Waals surface area contributed by atoms with Crippen molar-refractivity contribution in [3.8, 4) is 0 Å². The van der Waals surface area contributed by atoms with Crippen molar-refractivity contribution in [3.05, 3.63) is 71.4 Å². The Balaban J connectivity index is 0.00000176. The van der Waals surface area contributed by atoms with E-state index in [1.54, 1.807) is 0 Å². The molecule has 0 spiro atoms. The molecule has 0 radical (unpaired) electrons. The van der Waals surface area contributed by atoms with Crippen LogP contribution >= 0.6 is 17.0 Å². The molecular formula is C19H23BrN2. The molecule has 116 valence electrons. The average molecular weight is 359 g/mol. The molecule has 22 heavy (non-hydrogen) atoms. The first-order valence-corrected chi connectivity index (χ1v) is 7.70. The van der Waals surface area contributed by atoms with E-state index in [2.05, 4.69) is 72.0 Å². The van der Waals surface area contributed by atoms with Gasteiger partial charge in [0.2, 0.25) is 0 Å². The highest BCUT2D eigenvalue weighted by atomic mass is 79.9. The Bertz CT molecular complexity index is 701. The zero-order valence-corrected chi connectivity index (χ0v) is 14.6. The van der Waals surface area contributed by atoms with Crippen molar-refractivity contribution in [1.29, 1.82) is 0 Å². The third kappa shape index (κ3) is 3.99. The summed E-state index contributed by atoms with van der Waals surface area (Å²) in [4.78, 5) is 3.33. The van der Waals surface area contributed by atoms with E-state index in [1.165, 1.54) is 27.6 Å². The number of fused-ring (bicyclic) bond motifs is 1. The Morgan fingerprint density at radius 1 is 0.955 bits per heavy atom. The predicted octanol–water partition coefficient (Wildman–Crippen LogP) is 4.64. The van der Waals surface area contributed by atoms with Crippen molar-refractivity contribution in [1.82, 2.24) is 10.3 Å². The van der Waals surface area contributed by atoms with E-state index in [1.807, 2.05) is 0 Å². The van der Waals surface area contributed by atoms with Gasteiger partial charge in [0.1, 0.15) is 0 Å². The van der Waals surface area contributed by atoms with Gasteiger partial charge in [0, 0.05) is 23.6 Å². The van der Waals surface area contributed by atoms with Gasteiger partial charge >= 0.3 is 0 Å². The first-order valence-electron chi connectivity index (χ1n) is 7.70. The zero-order valence-electron chi connectivity index (χ0n) is 12.9. The number of rotatable bonds is 6. The minimum absolute atomic E-state index is 0. The summed E-state index contributed by atoms with van der Waals surface area (Å²) in [5.41, 5.74) is 5.37. The van der Waals surface area contributed by atoms with Crippen LogP contribution in [0.15, 0.2) is 54.7 Å². The van der Waals surface area contributed by atoms with E-state index in [0.717, 1.165) is 25.9 Å². The maximum atomic E-state index is 3.53.